The molecule has 0 saturated heterocycles. The zero-order valence-corrected chi connectivity index (χ0v) is 24.8. The SMILES string of the molecule is c1ccc(-c2cc(-c3ccccc3)nc(-c3cccc4c3C3(c5ccccc5-c5ccccc53)c3nc5ccccc5n3-4)n2)cc1. The van der Waals surface area contributed by atoms with Gasteiger partial charge in [0, 0.05) is 22.3 Å². The van der Waals surface area contributed by atoms with E-state index < -0.39 is 5.41 Å². The summed E-state index contributed by atoms with van der Waals surface area (Å²) < 4.78 is 2.37. The lowest BCUT2D eigenvalue weighted by molar-refractivity contribution is 0.738. The molecule has 214 valence electrons. The van der Waals surface area contributed by atoms with Crippen molar-refractivity contribution in [2.24, 2.45) is 0 Å². The van der Waals surface area contributed by atoms with E-state index in [1.807, 2.05) is 12.1 Å². The van der Waals surface area contributed by atoms with Gasteiger partial charge >= 0.3 is 0 Å². The topological polar surface area (TPSA) is 43.6 Å². The van der Waals surface area contributed by atoms with Crippen LogP contribution in [-0.4, -0.2) is 19.5 Å². The maximum absolute atomic E-state index is 5.43. The quantitative estimate of drug-likeness (QED) is 0.207. The molecule has 0 unspecified atom stereocenters. The molecule has 4 nitrogen and oxygen atoms in total. The Morgan fingerprint density at radius 2 is 1.00 bits per heavy atom. The van der Waals surface area contributed by atoms with Gasteiger partial charge in [-0.2, -0.15) is 0 Å². The molecule has 6 aromatic carbocycles. The van der Waals surface area contributed by atoms with Crippen LogP contribution in [-0.2, 0) is 5.41 Å². The Labute approximate surface area is 266 Å². The van der Waals surface area contributed by atoms with Crippen molar-refractivity contribution in [2.75, 3.05) is 0 Å². The van der Waals surface area contributed by atoms with Gasteiger partial charge in [-0.25, -0.2) is 15.0 Å². The van der Waals surface area contributed by atoms with Crippen LogP contribution in [0.4, 0.5) is 0 Å². The molecule has 1 aliphatic carbocycles. The lowest BCUT2D eigenvalue weighted by atomic mass is 9.71. The van der Waals surface area contributed by atoms with E-state index in [-0.39, 0.29) is 0 Å². The monoisotopic (exact) mass is 586 g/mol. The maximum atomic E-state index is 5.43. The molecule has 0 fully saturated rings. The molecule has 0 atom stereocenters. The fourth-order valence-electron chi connectivity index (χ4n) is 7.77. The molecule has 4 heteroatoms. The van der Waals surface area contributed by atoms with Crippen molar-refractivity contribution in [2.45, 2.75) is 5.41 Å². The number of imidazole rings is 1. The summed E-state index contributed by atoms with van der Waals surface area (Å²) in [5, 5.41) is 0. The van der Waals surface area contributed by atoms with Gasteiger partial charge in [-0.15, -0.1) is 0 Å². The highest BCUT2D eigenvalue weighted by Crippen LogP contribution is 2.62. The Bertz CT molecular complexity index is 2370. The molecule has 0 bridgehead atoms. The van der Waals surface area contributed by atoms with E-state index >= 15 is 0 Å². The maximum Gasteiger partial charge on any atom is 0.160 e. The molecule has 2 aromatic heterocycles. The summed E-state index contributed by atoms with van der Waals surface area (Å²) in [5.74, 6) is 1.71. The Morgan fingerprint density at radius 3 is 1.65 bits per heavy atom. The molecule has 8 aromatic rings. The van der Waals surface area contributed by atoms with E-state index in [9.17, 15) is 0 Å². The van der Waals surface area contributed by atoms with Crippen molar-refractivity contribution in [3.63, 3.8) is 0 Å². The largest absolute Gasteiger partial charge is 0.295 e. The third-order valence-corrected chi connectivity index (χ3v) is 9.61. The van der Waals surface area contributed by atoms with Crippen LogP contribution in [0.25, 0.3) is 61.8 Å². The van der Waals surface area contributed by atoms with E-state index in [0.29, 0.717) is 5.82 Å². The van der Waals surface area contributed by atoms with Crippen LogP contribution in [0.2, 0.25) is 0 Å². The minimum atomic E-state index is -0.642. The fraction of sp³-hybridized carbons (Fsp3) is 0.0238. The van der Waals surface area contributed by atoms with Crippen molar-refractivity contribution in [1.29, 1.82) is 0 Å². The first-order valence-corrected chi connectivity index (χ1v) is 15.6. The number of para-hydroxylation sites is 2. The number of aromatic nitrogens is 4. The summed E-state index contributed by atoms with van der Waals surface area (Å²) >= 11 is 0. The van der Waals surface area contributed by atoms with Crippen LogP contribution >= 0.6 is 0 Å². The van der Waals surface area contributed by atoms with Gasteiger partial charge in [0.1, 0.15) is 11.2 Å². The molecular formula is C42H26N4. The van der Waals surface area contributed by atoms with Crippen molar-refractivity contribution in [1.82, 2.24) is 19.5 Å². The molecule has 0 saturated carbocycles. The van der Waals surface area contributed by atoms with Crippen LogP contribution in [0.5, 0.6) is 0 Å². The van der Waals surface area contributed by atoms with Crippen molar-refractivity contribution in [3.8, 4) is 50.7 Å². The Kier molecular flexibility index (Phi) is 5.17. The summed E-state index contributed by atoms with van der Waals surface area (Å²) in [6.45, 7) is 0. The molecule has 3 heterocycles. The first kappa shape index (κ1) is 25.2. The van der Waals surface area contributed by atoms with Gasteiger partial charge in [0.25, 0.3) is 0 Å². The summed E-state index contributed by atoms with van der Waals surface area (Å²) in [6.07, 6.45) is 0. The van der Waals surface area contributed by atoms with Gasteiger partial charge in [0.2, 0.25) is 0 Å². The van der Waals surface area contributed by atoms with E-state index in [2.05, 4.69) is 150 Å². The lowest BCUT2D eigenvalue weighted by Crippen LogP contribution is -2.28. The number of hydrogen-bond donors (Lipinski definition) is 0. The second-order valence-electron chi connectivity index (χ2n) is 12.0. The third kappa shape index (κ3) is 3.30. The molecular weight excluding hydrogens is 560 g/mol. The van der Waals surface area contributed by atoms with Crippen LogP contribution in [0.3, 0.4) is 0 Å². The van der Waals surface area contributed by atoms with Crippen molar-refractivity contribution >= 4 is 11.0 Å². The number of benzene rings is 6. The normalized spacial score (nSPS) is 13.4. The standard InChI is InChI=1S/C42H26N4/c1-3-14-27(15-4-1)35-26-36(28-16-5-2-6-17-28)44-40(43-35)31-20-13-25-38-39(31)42(41-45-34-23-11-12-24-37(34)46(38)41)32-21-9-7-18-29(32)30-19-8-10-22-33(30)42/h1-26H. The Hall–Kier alpha value is -6.13. The Morgan fingerprint density at radius 1 is 0.457 bits per heavy atom. The first-order valence-electron chi connectivity index (χ1n) is 15.6. The Balaban J connectivity index is 1.35. The third-order valence-electron chi connectivity index (χ3n) is 9.61. The highest BCUT2D eigenvalue weighted by Gasteiger charge is 2.55. The second kappa shape index (κ2) is 9.43. The lowest BCUT2D eigenvalue weighted by Gasteiger charge is -2.29. The minimum Gasteiger partial charge on any atom is -0.295 e. The highest BCUT2D eigenvalue weighted by molar-refractivity contribution is 5.94. The van der Waals surface area contributed by atoms with Gasteiger partial charge in [0.05, 0.1) is 28.1 Å². The van der Waals surface area contributed by atoms with Gasteiger partial charge in [-0.05, 0) is 46.5 Å². The fourth-order valence-corrected chi connectivity index (χ4v) is 7.77. The van der Waals surface area contributed by atoms with Gasteiger partial charge in [-0.1, -0.05) is 133 Å². The van der Waals surface area contributed by atoms with Crippen molar-refractivity contribution < 1.29 is 0 Å². The van der Waals surface area contributed by atoms with E-state index in [1.165, 1.54) is 27.8 Å². The predicted octanol–water partition coefficient (Wildman–Crippen LogP) is 9.49. The number of hydrogen-bond acceptors (Lipinski definition) is 3. The zero-order valence-electron chi connectivity index (χ0n) is 24.8. The summed E-state index contributed by atoms with van der Waals surface area (Å²) in [4.78, 5) is 16.1. The molecule has 46 heavy (non-hydrogen) atoms. The number of fused-ring (bicyclic) bond motifs is 12. The molecule has 10 rings (SSSR count). The summed E-state index contributed by atoms with van der Waals surface area (Å²) in [5.41, 5.74) is 13.6. The van der Waals surface area contributed by atoms with E-state index in [0.717, 1.165) is 50.6 Å². The zero-order chi connectivity index (χ0) is 30.2. The smallest absolute Gasteiger partial charge is 0.160 e. The summed E-state index contributed by atoms with van der Waals surface area (Å²) in [7, 11) is 0. The first-order chi connectivity index (χ1) is 22.8. The molecule has 2 aliphatic rings. The molecule has 0 N–H and O–H groups in total. The van der Waals surface area contributed by atoms with Crippen LogP contribution in [0.1, 0.15) is 22.5 Å². The molecule has 0 radical (unpaired) electrons. The van der Waals surface area contributed by atoms with E-state index in [1.54, 1.807) is 0 Å². The molecule has 0 amide bonds. The van der Waals surface area contributed by atoms with Crippen LogP contribution < -0.4 is 0 Å². The average Bonchev–Trinajstić information content (AvgIpc) is 3.76. The minimum absolute atomic E-state index is 0.642. The van der Waals surface area contributed by atoms with Crippen molar-refractivity contribution in [3.05, 3.63) is 180 Å². The number of rotatable bonds is 3. The van der Waals surface area contributed by atoms with Crippen LogP contribution in [0, 0.1) is 0 Å². The predicted molar refractivity (Wildman–Crippen MR) is 184 cm³/mol. The number of nitrogens with zero attached hydrogens (tertiary/aromatic N) is 4. The van der Waals surface area contributed by atoms with E-state index in [4.69, 9.17) is 15.0 Å². The van der Waals surface area contributed by atoms with Gasteiger partial charge < -0.3 is 0 Å². The van der Waals surface area contributed by atoms with Gasteiger partial charge in [0.15, 0.2) is 5.82 Å². The summed E-state index contributed by atoms with van der Waals surface area (Å²) in [6, 6.07) is 55.5. The highest BCUT2D eigenvalue weighted by atomic mass is 15.1. The molecule has 1 aliphatic heterocycles. The van der Waals surface area contributed by atoms with Gasteiger partial charge in [-0.3, -0.25) is 4.57 Å². The molecule has 1 spiro atoms. The average molecular weight is 587 g/mol. The second-order valence-corrected chi connectivity index (χ2v) is 12.0. The van der Waals surface area contributed by atoms with Crippen LogP contribution in [0.15, 0.2) is 158 Å².